The van der Waals surface area contributed by atoms with Crippen LogP contribution >= 0.6 is 23.1 Å². The Bertz CT molecular complexity index is 595. The lowest BCUT2D eigenvalue weighted by Crippen LogP contribution is -2.34. The summed E-state index contributed by atoms with van der Waals surface area (Å²) in [5.41, 5.74) is 1.73. The van der Waals surface area contributed by atoms with Crippen LogP contribution in [0.4, 0.5) is 5.69 Å². The zero-order chi connectivity index (χ0) is 13.2. The van der Waals surface area contributed by atoms with Gasteiger partial charge in [-0.15, -0.1) is 23.1 Å². The monoisotopic (exact) mass is 290 g/mol. The Morgan fingerprint density at radius 2 is 2.42 bits per heavy atom. The van der Waals surface area contributed by atoms with Crippen molar-refractivity contribution in [1.29, 1.82) is 0 Å². The van der Waals surface area contributed by atoms with Crippen LogP contribution < -0.4 is 4.90 Å². The van der Waals surface area contributed by atoms with Crippen molar-refractivity contribution in [3.05, 3.63) is 41.0 Å². The predicted octanol–water partition coefficient (Wildman–Crippen LogP) is 3.46. The molecular weight excluding hydrogens is 276 g/mol. The standard InChI is InChI=1S/C14H14N2OS2/c1-2-11-8-12-14(19-11)18-7-6-16(12)13(17)10-4-3-5-15-9-10/h3-5,8-9H,2,6-7H2,1H3. The number of amides is 1. The number of aryl methyl sites for hydroxylation is 1. The fourth-order valence-electron chi connectivity index (χ4n) is 2.08. The van der Waals surface area contributed by atoms with Gasteiger partial charge in [0.2, 0.25) is 0 Å². The number of anilines is 1. The molecule has 2 aromatic heterocycles. The van der Waals surface area contributed by atoms with Crippen LogP contribution in [0.2, 0.25) is 0 Å². The summed E-state index contributed by atoms with van der Waals surface area (Å²) in [5, 5.41) is 0. The third-order valence-corrected chi connectivity index (χ3v) is 5.60. The Morgan fingerprint density at radius 1 is 1.53 bits per heavy atom. The van der Waals surface area contributed by atoms with Crippen LogP contribution in [0.1, 0.15) is 22.2 Å². The van der Waals surface area contributed by atoms with E-state index < -0.39 is 0 Å². The molecular formula is C14H14N2OS2. The van der Waals surface area contributed by atoms with Crippen LogP contribution in [-0.2, 0) is 6.42 Å². The highest BCUT2D eigenvalue weighted by Crippen LogP contribution is 2.42. The number of hydrogen-bond acceptors (Lipinski definition) is 4. The molecule has 3 heterocycles. The summed E-state index contributed by atoms with van der Waals surface area (Å²) in [6.07, 6.45) is 4.35. The molecule has 19 heavy (non-hydrogen) atoms. The van der Waals surface area contributed by atoms with Crippen molar-refractivity contribution in [2.45, 2.75) is 17.6 Å². The Labute approximate surface area is 120 Å². The van der Waals surface area contributed by atoms with Crippen molar-refractivity contribution in [2.75, 3.05) is 17.2 Å². The minimum Gasteiger partial charge on any atom is -0.306 e. The zero-order valence-electron chi connectivity index (χ0n) is 10.6. The van der Waals surface area contributed by atoms with Crippen LogP contribution in [0.3, 0.4) is 0 Å². The number of aromatic nitrogens is 1. The molecule has 5 heteroatoms. The lowest BCUT2D eigenvalue weighted by molar-refractivity contribution is 0.0987. The Kier molecular flexibility index (Phi) is 3.57. The number of fused-ring (bicyclic) bond motifs is 1. The van der Waals surface area contributed by atoms with Gasteiger partial charge in [-0.1, -0.05) is 6.92 Å². The highest BCUT2D eigenvalue weighted by Gasteiger charge is 2.26. The summed E-state index contributed by atoms with van der Waals surface area (Å²) in [7, 11) is 0. The Hall–Kier alpha value is -1.33. The maximum atomic E-state index is 12.5. The van der Waals surface area contributed by atoms with E-state index in [0.29, 0.717) is 5.56 Å². The molecule has 0 saturated carbocycles. The van der Waals surface area contributed by atoms with Crippen molar-refractivity contribution >= 4 is 34.7 Å². The normalized spacial score (nSPS) is 14.3. The molecule has 3 rings (SSSR count). The van der Waals surface area contributed by atoms with Crippen LogP contribution in [0.15, 0.2) is 34.8 Å². The lowest BCUT2D eigenvalue weighted by atomic mass is 10.2. The molecule has 3 nitrogen and oxygen atoms in total. The van der Waals surface area contributed by atoms with Gasteiger partial charge in [0.05, 0.1) is 15.5 Å². The van der Waals surface area contributed by atoms with Gasteiger partial charge in [0.1, 0.15) is 0 Å². The molecule has 0 unspecified atom stereocenters. The number of carbonyl (C=O) groups excluding carboxylic acids is 1. The highest BCUT2D eigenvalue weighted by atomic mass is 32.2. The van der Waals surface area contributed by atoms with E-state index in [1.807, 2.05) is 22.7 Å². The SMILES string of the molecule is CCc1cc2c(s1)SCCN2C(=O)c1cccnc1. The third kappa shape index (κ3) is 2.40. The topological polar surface area (TPSA) is 33.2 Å². The Balaban J connectivity index is 1.95. The van der Waals surface area contributed by atoms with E-state index in [1.54, 1.807) is 29.8 Å². The van der Waals surface area contributed by atoms with Crippen molar-refractivity contribution < 1.29 is 4.79 Å². The van der Waals surface area contributed by atoms with Gasteiger partial charge < -0.3 is 4.90 Å². The van der Waals surface area contributed by atoms with E-state index in [-0.39, 0.29) is 5.91 Å². The first kappa shape index (κ1) is 12.7. The molecule has 1 aliphatic rings. The molecule has 0 saturated heterocycles. The summed E-state index contributed by atoms with van der Waals surface area (Å²) in [6, 6.07) is 5.78. The zero-order valence-corrected chi connectivity index (χ0v) is 12.3. The molecule has 0 atom stereocenters. The smallest absolute Gasteiger partial charge is 0.259 e. The molecule has 0 N–H and O–H groups in total. The molecule has 0 fully saturated rings. The third-order valence-electron chi connectivity index (χ3n) is 3.07. The van der Waals surface area contributed by atoms with Crippen molar-refractivity contribution in [1.82, 2.24) is 4.98 Å². The van der Waals surface area contributed by atoms with Crippen molar-refractivity contribution in [2.24, 2.45) is 0 Å². The molecule has 2 aromatic rings. The molecule has 0 aliphatic carbocycles. The number of hydrogen-bond donors (Lipinski definition) is 0. The van der Waals surface area contributed by atoms with E-state index in [0.717, 1.165) is 24.4 Å². The average molecular weight is 290 g/mol. The summed E-state index contributed by atoms with van der Waals surface area (Å²) < 4.78 is 1.26. The molecule has 0 spiro atoms. The summed E-state index contributed by atoms with van der Waals surface area (Å²) >= 11 is 3.66. The summed E-state index contributed by atoms with van der Waals surface area (Å²) in [6.45, 7) is 2.92. The van der Waals surface area contributed by atoms with Gasteiger partial charge in [-0.25, -0.2) is 0 Å². The van der Waals surface area contributed by atoms with Gasteiger partial charge in [-0.2, -0.15) is 0 Å². The average Bonchev–Trinajstić information content (AvgIpc) is 2.90. The molecule has 0 aromatic carbocycles. The molecule has 0 radical (unpaired) electrons. The number of pyridine rings is 1. The van der Waals surface area contributed by atoms with E-state index in [4.69, 9.17) is 0 Å². The van der Waals surface area contributed by atoms with Gasteiger partial charge >= 0.3 is 0 Å². The molecule has 0 bridgehead atoms. The molecule has 98 valence electrons. The van der Waals surface area contributed by atoms with Crippen LogP contribution in [0, 0.1) is 0 Å². The van der Waals surface area contributed by atoms with E-state index in [2.05, 4.69) is 18.0 Å². The first-order valence-electron chi connectivity index (χ1n) is 6.27. The van der Waals surface area contributed by atoms with Gasteiger partial charge in [-0.05, 0) is 24.6 Å². The van der Waals surface area contributed by atoms with Gasteiger partial charge in [0.25, 0.3) is 5.91 Å². The molecule has 1 amide bonds. The number of carbonyl (C=O) groups is 1. The minimum atomic E-state index is 0.0510. The first-order valence-corrected chi connectivity index (χ1v) is 8.07. The second-order valence-electron chi connectivity index (χ2n) is 4.29. The van der Waals surface area contributed by atoms with Crippen LogP contribution in [0.25, 0.3) is 0 Å². The maximum Gasteiger partial charge on any atom is 0.259 e. The van der Waals surface area contributed by atoms with Crippen molar-refractivity contribution in [3.63, 3.8) is 0 Å². The fraction of sp³-hybridized carbons (Fsp3) is 0.286. The highest BCUT2D eigenvalue weighted by molar-refractivity contribution is 8.01. The predicted molar refractivity (Wildman–Crippen MR) is 80.3 cm³/mol. The van der Waals surface area contributed by atoms with Crippen LogP contribution in [-0.4, -0.2) is 23.2 Å². The van der Waals surface area contributed by atoms with E-state index in [9.17, 15) is 4.79 Å². The van der Waals surface area contributed by atoms with Crippen LogP contribution in [0.5, 0.6) is 0 Å². The minimum absolute atomic E-state index is 0.0510. The summed E-state index contributed by atoms with van der Waals surface area (Å²) in [4.78, 5) is 19.8. The lowest BCUT2D eigenvalue weighted by Gasteiger charge is -2.26. The van der Waals surface area contributed by atoms with Crippen molar-refractivity contribution in [3.8, 4) is 0 Å². The van der Waals surface area contributed by atoms with Gasteiger partial charge in [-0.3, -0.25) is 9.78 Å². The first-order chi connectivity index (χ1) is 9.29. The second-order valence-corrected chi connectivity index (χ2v) is 6.79. The van der Waals surface area contributed by atoms with E-state index >= 15 is 0 Å². The van der Waals surface area contributed by atoms with Gasteiger partial charge in [0.15, 0.2) is 0 Å². The Morgan fingerprint density at radius 3 is 3.16 bits per heavy atom. The fourth-order valence-corrected chi connectivity index (χ4v) is 4.49. The number of rotatable bonds is 2. The summed E-state index contributed by atoms with van der Waals surface area (Å²) in [5.74, 6) is 1.01. The largest absolute Gasteiger partial charge is 0.306 e. The number of thiophene rings is 1. The van der Waals surface area contributed by atoms with Gasteiger partial charge in [0, 0.05) is 29.6 Å². The number of thioether (sulfide) groups is 1. The second kappa shape index (κ2) is 5.35. The maximum absolute atomic E-state index is 12.5. The number of nitrogens with zero attached hydrogens (tertiary/aromatic N) is 2. The molecule has 1 aliphatic heterocycles. The van der Waals surface area contributed by atoms with E-state index in [1.165, 1.54) is 9.09 Å². The quantitative estimate of drug-likeness (QED) is 0.849.